The number of halogens is 2. The molecule has 5 heteroatoms. The van der Waals surface area contributed by atoms with Gasteiger partial charge in [0.15, 0.2) is 0 Å². The zero-order valence-electron chi connectivity index (χ0n) is 8.45. The lowest BCUT2D eigenvalue weighted by Crippen LogP contribution is -2.28. The summed E-state index contributed by atoms with van der Waals surface area (Å²) in [6, 6.07) is 2.40. The summed E-state index contributed by atoms with van der Waals surface area (Å²) in [6.45, 7) is 0. The monoisotopic (exact) mass is 243 g/mol. The number of aliphatic hydroxyl groups is 1. The topological polar surface area (TPSA) is 32.3 Å². The molecule has 2 N–H and O–H groups in total. The van der Waals surface area contributed by atoms with E-state index in [0.29, 0.717) is 0 Å². The molecule has 0 fully saturated rings. The summed E-state index contributed by atoms with van der Waals surface area (Å²) in [5.74, 6) is 1.10. The van der Waals surface area contributed by atoms with Crippen LogP contribution in [-0.4, -0.2) is 11.1 Å². The molecular weight excluding hydrogens is 231 g/mol. The van der Waals surface area contributed by atoms with Crippen molar-refractivity contribution in [1.82, 2.24) is 5.09 Å². The standard InChI is InChI=1S/C11H12F2NOP/c1-2-3-10(14-16)11(15)8-6-7(12)4-5-9(8)13/h1,4-6,10-11,14-15H,3,16H2/t10-,11+/m0/s1. The quantitative estimate of drug-likeness (QED) is 0.624. The van der Waals surface area contributed by atoms with Gasteiger partial charge >= 0.3 is 0 Å². The van der Waals surface area contributed by atoms with Crippen molar-refractivity contribution in [3.8, 4) is 12.3 Å². The summed E-state index contributed by atoms with van der Waals surface area (Å²) in [5.41, 5.74) is -0.102. The SMILES string of the molecule is C#CC[C@H](NP)[C@H](O)c1cc(F)ccc1F. The molecule has 16 heavy (non-hydrogen) atoms. The third kappa shape index (κ3) is 2.99. The van der Waals surface area contributed by atoms with Crippen LogP contribution in [0.25, 0.3) is 0 Å². The lowest BCUT2D eigenvalue weighted by molar-refractivity contribution is 0.137. The van der Waals surface area contributed by atoms with Crippen LogP contribution in [-0.2, 0) is 0 Å². The molecule has 0 aliphatic carbocycles. The highest BCUT2D eigenvalue weighted by atomic mass is 31.0. The molecule has 0 heterocycles. The lowest BCUT2D eigenvalue weighted by Gasteiger charge is -2.21. The van der Waals surface area contributed by atoms with E-state index in [1.807, 2.05) is 0 Å². The zero-order valence-corrected chi connectivity index (χ0v) is 9.61. The molecule has 1 rings (SSSR count). The van der Waals surface area contributed by atoms with Crippen LogP contribution in [0.5, 0.6) is 0 Å². The van der Waals surface area contributed by atoms with Crippen molar-refractivity contribution >= 4 is 9.39 Å². The number of hydrogen-bond acceptors (Lipinski definition) is 2. The van der Waals surface area contributed by atoms with Gasteiger partial charge in [0.2, 0.25) is 0 Å². The Morgan fingerprint density at radius 3 is 2.75 bits per heavy atom. The molecule has 0 saturated heterocycles. The summed E-state index contributed by atoms with van der Waals surface area (Å²) in [4.78, 5) is 0. The number of nitrogens with one attached hydrogen (secondary N) is 1. The first-order chi connectivity index (χ1) is 7.60. The van der Waals surface area contributed by atoms with Crippen molar-refractivity contribution in [3.63, 3.8) is 0 Å². The van der Waals surface area contributed by atoms with Gasteiger partial charge in [-0.1, -0.05) is 9.39 Å². The molecule has 3 atom stereocenters. The highest BCUT2D eigenvalue weighted by molar-refractivity contribution is 7.13. The fraction of sp³-hybridized carbons (Fsp3) is 0.273. The predicted molar refractivity (Wildman–Crippen MR) is 61.4 cm³/mol. The zero-order chi connectivity index (χ0) is 12.1. The molecule has 1 aromatic rings. The summed E-state index contributed by atoms with van der Waals surface area (Å²) in [7, 11) is 2.19. The molecule has 1 unspecified atom stereocenters. The second-order valence-corrected chi connectivity index (χ2v) is 3.63. The average molecular weight is 243 g/mol. The van der Waals surface area contributed by atoms with Gasteiger partial charge in [0.05, 0.1) is 12.1 Å². The lowest BCUT2D eigenvalue weighted by atomic mass is 10.00. The third-order valence-electron chi connectivity index (χ3n) is 2.21. The van der Waals surface area contributed by atoms with Crippen LogP contribution in [0.15, 0.2) is 18.2 Å². The Morgan fingerprint density at radius 2 is 2.19 bits per heavy atom. The minimum absolute atomic E-state index is 0.102. The average Bonchev–Trinajstić information content (AvgIpc) is 2.28. The van der Waals surface area contributed by atoms with Gasteiger partial charge in [0.1, 0.15) is 11.6 Å². The van der Waals surface area contributed by atoms with Crippen LogP contribution in [0.1, 0.15) is 18.1 Å². The van der Waals surface area contributed by atoms with Gasteiger partial charge in [-0.3, -0.25) is 5.09 Å². The molecule has 0 radical (unpaired) electrons. The normalized spacial score (nSPS) is 14.2. The van der Waals surface area contributed by atoms with E-state index in [-0.39, 0.29) is 12.0 Å². The van der Waals surface area contributed by atoms with Crippen molar-refractivity contribution in [3.05, 3.63) is 35.4 Å². The first-order valence-electron chi connectivity index (χ1n) is 4.62. The summed E-state index contributed by atoms with van der Waals surface area (Å²) >= 11 is 0. The molecule has 2 nitrogen and oxygen atoms in total. The van der Waals surface area contributed by atoms with E-state index < -0.39 is 23.8 Å². The first-order valence-corrected chi connectivity index (χ1v) is 5.20. The Labute approximate surface area is 95.3 Å². The minimum Gasteiger partial charge on any atom is -0.387 e. The molecule has 0 saturated carbocycles. The van der Waals surface area contributed by atoms with Crippen molar-refractivity contribution in [2.24, 2.45) is 0 Å². The van der Waals surface area contributed by atoms with Gasteiger partial charge < -0.3 is 5.11 Å². The third-order valence-corrected chi connectivity index (χ3v) is 2.64. The van der Waals surface area contributed by atoms with E-state index in [4.69, 9.17) is 6.42 Å². The van der Waals surface area contributed by atoms with E-state index in [1.54, 1.807) is 0 Å². The van der Waals surface area contributed by atoms with E-state index in [1.165, 1.54) is 0 Å². The Balaban J connectivity index is 2.98. The summed E-state index contributed by atoms with van der Waals surface area (Å²) in [5, 5.41) is 12.5. The van der Waals surface area contributed by atoms with Gasteiger partial charge in [0.25, 0.3) is 0 Å². The molecule has 0 aromatic heterocycles. The Kier molecular flexibility index (Phi) is 4.82. The Bertz CT molecular complexity index is 405. The molecule has 0 aliphatic rings. The summed E-state index contributed by atoms with van der Waals surface area (Å²) < 4.78 is 26.3. The van der Waals surface area contributed by atoms with Gasteiger partial charge in [-0.2, -0.15) is 0 Å². The van der Waals surface area contributed by atoms with Gasteiger partial charge in [-0.25, -0.2) is 8.78 Å². The second-order valence-electron chi connectivity index (χ2n) is 3.29. The van der Waals surface area contributed by atoms with Gasteiger partial charge in [-0.15, -0.1) is 12.3 Å². The molecule has 0 amide bonds. The maximum atomic E-state index is 13.3. The van der Waals surface area contributed by atoms with Crippen LogP contribution in [0.3, 0.4) is 0 Å². The highest BCUT2D eigenvalue weighted by Gasteiger charge is 2.22. The smallest absolute Gasteiger partial charge is 0.129 e. The molecular formula is C11H12F2NOP. The van der Waals surface area contributed by atoms with Crippen LogP contribution >= 0.6 is 9.39 Å². The predicted octanol–water partition coefficient (Wildman–Crippen LogP) is 1.77. The molecule has 0 aliphatic heterocycles. The number of aliphatic hydroxyl groups excluding tert-OH is 1. The van der Waals surface area contributed by atoms with E-state index in [0.717, 1.165) is 18.2 Å². The van der Waals surface area contributed by atoms with E-state index >= 15 is 0 Å². The molecule has 0 bridgehead atoms. The number of benzene rings is 1. The van der Waals surface area contributed by atoms with Crippen molar-refractivity contribution in [2.75, 3.05) is 0 Å². The van der Waals surface area contributed by atoms with Crippen molar-refractivity contribution < 1.29 is 13.9 Å². The number of rotatable bonds is 4. The summed E-state index contributed by atoms with van der Waals surface area (Å²) in [6.07, 6.45) is 4.13. The van der Waals surface area contributed by atoms with Crippen LogP contribution in [0.4, 0.5) is 8.78 Å². The molecule has 86 valence electrons. The maximum Gasteiger partial charge on any atom is 0.129 e. The molecule has 1 aromatic carbocycles. The number of hydrogen-bond donors (Lipinski definition) is 2. The largest absolute Gasteiger partial charge is 0.387 e. The van der Waals surface area contributed by atoms with Crippen LogP contribution < -0.4 is 5.09 Å². The fourth-order valence-corrected chi connectivity index (χ4v) is 1.65. The van der Waals surface area contributed by atoms with E-state index in [9.17, 15) is 13.9 Å². The van der Waals surface area contributed by atoms with Crippen LogP contribution in [0, 0.1) is 24.0 Å². The Morgan fingerprint density at radius 1 is 1.50 bits per heavy atom. The highest BCUT2D eigenvalue weighted by Crippen LogP contribution is 2.23. The van der Waals surface area contributed by atoms with Crippen molar-refractivity contribution in [1.29, 1.82) is 0 Å². The van der Waals surface area contributed by atoms with Gasteiger partial charge in [-0.05, 0) is 18.2 Å². The Hall–Kier alpha value is -1.01. The van der Waals surface area contributed by atoms with Crippen LogP contribution in [0.2, 0.25) is 0 Å². The first kappa shape index (κ1) is 13.1. The van der Waals surface area contributed by atoms with Gasteiger partial charge in [0, 0.05) is 12.0 Å². The molecule has 0 spiro atoms. The second kappa shape index (κ2) is 5.91. The van der Waals surface area contributed by atoms with Crippen molar-refractivity contribution in [2.45, 2.75) is 18.6 Å². The van der Waals surface area contributed by atoms with E-state index in [2.05, 4.69) is 20.4 Å². The minimum atomic E-state index is -1.19. The maximum absolute atomic E-state index is 13.3. The fourth-order valence-electron chi connectivity index (χ4n) is 1.35. The number of terminal acetylenes is 1.